The molecule has 2 N–H and O–H groups in total. The topological polar surface area (TPSA) is 144 Å². The van der Waals surface area contributed by atoms with Gasteiger partial charge in [-0.1, -0.05) is 74.5 Å². The molecule has 12 nitrogen and oxygen atoms in total. The number of fused-ring (bicyclic) bond motifs is 2. The number of alkyl halides is 1. The van der Waals surface area contributed by atoms with Gasteiger partial charge in [0.1, 0.15) is 11.8 Å². The summed E-state index contributed by atoms with van der Waals surface area (Å²) in [4.78, 5) is 53.0. The molecule has 7 unspecified atom stereocenters. The number of esters is 1. The summed E-state index contributed by atoms with van der Waals surface area (Å²) in [5.41, 5.74) is 0.372. The number of nitrogens with zero attached hydrogens (tertiary/aromatic N) is 4. The van der Waals surface area contributed by atoms with Crippen molar-refractivity contribution in [2.24, 2.45) is 11.8 Å². The van der Waals surface area contributed by atoms with Crippen LogP contribution in [0.4, 0.5) is 4.39 Å². The Kier molecular flexibility index (Phi) is 21.7. The van der Waals surface area contributed by atoms with Crippen LogP contribution in [-0.2, 0) is 19.1 Å². The number of halogens is 1. The van der Waals surface area contributed by atoms with Gasteiger partial charge in [-0.3, -0.25) is 19.2 Å². The lowest BCUT2D eigenvalue weighted by molar-refractivity contribution is -0.145. The van der Waals surface area contributed by atoms with Crippen molar-refractivity contribution < 1.29 is 32.8 Å². The summed E-state index contributed by atoms with van der Waals surface area (Å²) >= 11 is 1.36. The van der Waals surface area contributed by atoms with Crippen LogP contribution in [0.15, 0.2) is 91.0 Å². The molecular weight excluding hydrogens is 887 g/mol. The Morgan fingerprint density at radius 3 is 2.21 bits per heavy atom. The van der Waals surface area contributed by atoms with Crippen molar-refractivity contribution in [2.45, 2.75) is 115 Å². The van der Waals surface area contributed by atoms with E-state index in [1.54, 1.807) is 55.5 Å². The van der Waals surface area contributed by atoms with Crippen LogP contribution in [0.3, 0.4) is 0 Å². The highest BCUT2D eigenvalue weighted by atomic mass is 32.1. The minimum absolute atomic E-state index is 0.0457. The maximum Gasteiger partial charge on any atom is 0.323 e. The summed E-state index contributed by atoms with van der Waals surface area (Å²) in [6, 6.07) is 30.8. The standard InChI is InChI=1S/C22H23FNO4PS.C13H22N2O.C9H12N2O.C6H6.C2H7N/c1-3-11-27-22(26)15(2)24-29(28-18-7-5-4-6-8-18)21(23)16-9-10-20-17(12-16)13-19(14-25)30-20;16-13-6-1-4-11(14-7-3-8-14)10-12-5-2-9-15(12)13;1-7-5-11(6-12)9(2-3-9)8(7)4-10;1-2-4-6-5-3-1;1-3-2/h4-10,12-15,21,24H,3,11H2,1-2H3;11-12H,1-10H2;6-8H,2-3,5H2,1H3;1-6H;3H,1-2H3. The number of carbonyl (C=O) groups excluding carboxylic acids is 4. The van der Waals surface area contributed by atoms with E-state index in [-0.39, 0.29) is 11.5 Å². The summed E-state index contributed by atoms with van der Waals surface area (Å²) in [7, 11) is 1.85. The molecule has 7 atom stereocenters. The van der Waals surface area contributed by atoms with Crippen LogP contribution in [0.2, 0.25) is 0 Å². The van der Waals surface area contributed by atoms with E-state index in [2.05, 4.69) is 33.2 Å². The van der Waals surface area contributed by atoms with Gasteiger partial charge in [-0.15, -0.1) is 11.3 Å². The third-order valence-corrected chi connectivity index (χ3v) is 15.5. The average Bonchev–Trinajstić information content (AvgIpc) is 3.65. The molecule has 15 heteroatoms. The molecule has 5 heterocycles. The van der Waals surface area contributed by atoms with Crippen LogP contribution in [0.25, 0.3) is 10.1 Å². The van der Waals surface area contributed by atoms with Crippen molar-refractivity contribution in [2.75, 3.05) is 46.9 Å². The molecule has 67 heavy (non-hydrogen) atoms. The van der Waals surface area contributed by atoms with Crippen molar-refractivity contribution in [1.82, 2.24) is 25.1 Å². The van der Waals surface area contributed by atoms with Gasteiger partial charge in [0, 0.05) is 36.3 Å². The highest BCUT2D eigenvalue weighted by molar-refractivity contribution is 7.51. The van der Waals surface area contributed by atoms with Crippen molar-refractivity contribution in [3.63, 3.8) is 0 Å². The number of para-hydroxylation sites is 1. The minimum Gasteiger partial charge on any atom is -0.465 e. The zero-order chi connectivity index (χ0) is 48.2. The molecule has 1 aromatic heterocycles. The number of aldehydes is 1. The Labute approximate surface area is 402 Å². The van der Waals surface area contributed by atoms with E-state index >= 15 is 4.39 Å². The number of benzene rings is 3. The van der Waals surface area contributed by atoms with Crippen molar-refractivity contribution in [3.05, 3.63) is 101 Å². The molecule has 4 aromatic rings. The zero-order valence-electron chi connectivity index (χ0n) is 39.9. The van der Waals surface area contributed by atoms with Gasteiger partial charge >= 0.3 is 5.97 Å². The number of thiophene rings is 1. The van der Waals surface area contributed by atoms with Crippen molar-refractivity contribution in [3.8, 4) is 11.8 Å². The predicted octanol–water partition coefficient (Wildman–Crippen LogP) is 9.92. The predicted molar refractivity (Wildman–Crippen MR) is 267 cm³/mol. The first kappa shape index (κ1) is 53.2. The summed E-state index contributed by atoms with van der Waals surface area (Å²) in [5, 5.41) is 15.5. The lowest BCUT2D eigenvalue weighted by Crippen LogP contribution is -2.49. The molecule has 5 fully saturated rings. The molecule has 5 aliphatic rings. The SMILES string of the molecule is CC1CN(C=O)C2(CC2)C1C#N.CCCOC(=O)C(C)NP(Oc1ccccc1)C(F)c1ccc2sc(C=O)cc2c1.CNC.O=C1CCCC(N2CCC2)CC2CCCN12.c1ccccc1. The molecule has 1 saturated carbocycles. The van der Waals surface area contributed by atoms with E-state index in [4.69, 9.17) is 14.5 Å². The lowest BCUT2D eigenvalue weighted by atomic mass is 9.92. The second kappa shape index (κ2) is 27.3. The second-order valence-electron chi connectivity index (χ2n) is 17.8. The molecule has 3 aromatic carbocycles. The number of nitrogens with one attached hydrogen (secondary N) is 2. The molecule has 1 spiro atoms. The Bertz CT molecular complexity index is 2150. The van der Waals surface area contributed by atoms with E-state index in [1.165, 1.54) is 56.5 Å². The maximum atomic E-state index is 15.6. The quantitative estimate of drug-likeness (QED) is 0.0800. The molecule has 362 valence electrons. The molecule has 1 aliphatic carbocycles. The largest absolute Gasteiger partial charge is 0.465 e. The highest BCUT2D eigenvalue weighted by Gasteiger charge is 2.60. The van der Waals surface area contributed by atoms with Crippen LogP contribution >= 0.6 is 19.6 Å². The fourth-order valence-corrected chi connectivity index (χ4v) is 11.5. The first-order valence-electron chi connectivity index (χ1n) is 23.8. The Balaban J connectivity index is 0.000000187. The van der Waals surface area contributed by atoms with Gasteiger partial charge in [-0.25, -0.2) is 9.48 Å². The van der Waals surface area contributed by atoms with Crippen molar-refractivity contribution in [1.29, 1.82) is 5.26 Å². The second-order valence-corrected chi connectivity index (χ2v) is 20.5. The Morgan fingerprint density at radius 1 is 0.970 bits per heavy atom. The normalized spacial score (nSPS) is 22.6. The van der Waals surface area contributed by atoms with Crippen LogP contribution in [0, 0.1) is 23.2 Å². The number of hydrogen-bond donors (Lipinski definition) is 2. The number of ether oxygens (including phenoxy) is 1. The van der Waals surface area contributed by atoms with E-state index < -0.39 is 26.2 Å². The number of likely N-dealkylation sites (tertiary alicyclic amines) is 2. The monoisotopic (exact) mass is 956 g/mol. The van der Waals surface area contributed by atoms with Gasteiger partial charge in [0.2, 0.25) is 20.6 Å². The number of rotatable bonds is 12. The van der Waals surface area contributed by atoms with Gasteiger partial charge in [0.25, 0.3) is 0 Å². The van der Waals surface area contributed by atoms with Gasteiger partial charge in [0.15, 0.2) is 12.2 Å². The fraction of sp³-hybridized carbons (Fsp3) is 0.519. The van der Waals surface area contributed by atoms with E-state index in [9.17, 15) is 19.2 Å². The van der Waals surface area contributed by atoms with Gasteiger partial charge in [0.05, 0.1) is 29.0 Å². The smallest absolute Gasteiger partial charge is 0.323 e. The summed E-state index contributed by atoms with van der Waals surface area (Å²) in [5.74, 6) is -0.592. The highest BCUT2D eigenvalue weighted by Crippen LogP contribution is 2.54. The number of nitriles is 1. The summed E-state index contributed by atoms with van der Waals surface area (Å²) in [6.45, 7) is 10.3. The van der Waals surface area contributed by atoms with E-state index in [1.807, 2.05) is 68.4 Å². The van der Waals surface area contributed by atoms with Crippen molar-refractivity contribution >= 4 is 54.3 Å². The molecule has 0 radical (unpaired) electrons. The maximum absolute atomic E-state index is 15.6. The summed E-state index contributed by atoms with van der Waals surface area (Å²) < 4.78 is 27.6. The molecular formula is C52H70FN6O6PS. The van der Waals surface area contributed by atoms with Crippen LogP contribution in [0.1, 0.15) is 106 Å². The minimum atomic E-state index is -1.90. The molecule has 4 saturated heterocycles. The van der Waals surface area contributed by atoms with Gasteiger partial charge in [-0.2, -0.15) is 5.26 Å². The van der Waals surface area contributed by atoms with Crippen LogP contribution in [-0.4, -0.2) is 110 Å². The van der Waals surface area contributed by atoms with E-state index in [0.29, 0.717) is 47.1 Å². The fourth-order valence-electron chi connectivity index (χ4n) is 9.05. The van der Waals surface area contributed by atoms with Crippen LogP contribution in [0.5, 0.6) is 5.75 Å². The molecule has 0 bridgehead atoms. The molecule has 2 amide bonds. The first-order chi connectivity index (χ1) is 32.5. The zero-order valence-corrected chi connectivity index (χ0v) is 41.6. The molecule has 4 aliphatic heterocycles. The van der Waals surface area contributed by atoms with Crippen LogP contribution < -0.4 is 14.9 Å². The third kappa shape index (κ3) is 15.1. The molecule has 9 rings (SSSR count). The number of amides is 2. The summed E-state index contributed by atoms with van der Waals surface area (Å²) in [6.07, 6.45) is 12.7. The lowest BCUT2D eigenvalue weighted by Gasteiger charge is -2.42. The number of hydrogen-bond acceptors (Lipinski definition) is 11. The number of carbonyl (C=O) groups is 4. The van der Waals surface area contributed by atoms with E-state index in [0.717, 1.165) is 67.6 Å². The Hall–Kier alpha value is -4.77. The Morgan fingerprint density at radius 2 is 1.63 bits per heavy atom. The first-order valence-corrected chi connectivity index (χ1v) is 26.0. The average molecular weight is 957 g/mol. The van der Waals surface area contributed by atoms with Gasteiger partial charge in [-0.05, 0) is 139 Å². The van der Waals surface area contributed by atoms with Gasteiger partial charge < -0.3 is 29.3 Å². The third-order valence-electron chi connectivity index (χ3n) is 12.7.